The van der Waals surface area contributed by atoms with E-state index in [2.05, 4.69) is 72.8 Å². The lowest BCUT2D eigenvalue weighted by atomic mass is 10.1. The normalized spacial score (nSPS) is 12.8. The van der Waals surface area contributed by atoms with E-state index in [0.29, 0.717) is 12.5 Å². The fraction of sp³-hybridized carbons (Fsp3) is 0.750. The Morgan fingerprint density at radius 1 is 1.27 bits per heavy atom. The minimum atomic E-state index is 0.144. The fourth-order valence-corrected chi connectivity index (χ4v) is 2.65. The van der Waals surface area contributed by atoms with E-state index in [-0.39, 0.29) is 5.54 Å². The summed E-state index contributed by atoms with van der Waals surface area (Å²) in [6, 6.07) is 0. The van der Waals surface area contributed by atoms with Gasteiger partial charge >= 0.3 is 0 Å². The molecule has 0 radical (unpaired) electrons. The van der Waals surface area contributed by atoms with Crippen molar-refractivity contribution in [2.24, 2.45) is 4.99 Å². The van der Waals surface area contributed by atoms with Gasteiger partial charge in [0, 0.05) is 30.6 Å². The Hall–Kier alpha value is -1.14. The van der Waals surface area contributed by atoms with Crippen LogP contribution >= 0.6 is 11.3 Å². The van der Waals surface area contributed by atoms with Crippen LogP contribution in [0.3, 0.4) is 0 Å². The third kappa shape index (κ3) is 7.75. The number of guanidine groups is 1. The summed E-state index contributed by atoms with van der Waals surface area (Å²) >= 11 is 1.68. The van der Waals surface area contributed by atoms with Gasteiger partial charge in [-0.15, -0.1) is 11.3 Å². The summed E-state index contributed by atoms with van der Waals surface area (Å²) in [7, 11) is 0. The van der Waals surface area contributed by atoms with Gasteiger partial charge in [-0.25, -0.2) is 9.98 Å². The van der Waals surface area contributed by atoms with Crippen molar-refractivity contribution in [3.05, 3.63) is 16.1 Å². The van der Waals surface area contributed by atoms with Gasteiger partial charge in [-0.1, -0.05) is 13.8 Å². The molecule has 126 valence electrons. The van der Waals surface area contributed by atoms with Crippen LogP contribution in [-0.2, 0) is 6.54 Å². The molecule has 0 aromatic carbocycles. The zero-order valence-corrected chi connectivity index (χ0v) is 15.6. The number of aliphatic imine (C=N–C) groups is 1. The van der Waals surface area contributed by atoms with Gasteiger partial charge in [0.2, 0.25) is 0 Å². The molecule has 1 aromatic rings. The zero-order chi connectivity index (χ0) is 16.6. The molecule has 0 bridgehead atoms. The third-order valence-electron chi connectivity index (χ3n) is 2.95. The van der Waals surface area contributed by atoms with E-state index in [1.165, 1.54) is 0 Å². The topological polar surface area (TPSA) is 61.3 Å². The van der Waals surface area contributed by atoms with Crippen molar-refractivity contribution < 1.29 is 0 Å². The van der Waals surface area contributed by atoms with Crippen LogP contribution in [-0.4, -0.2) is 36.1 Å². The molecule has 0 aliphatic carbocycles. The summed E-state index contributed by atoms with van der Waals surface area (Å²) in [4.78, 5) is 9.22. The molecule has 1 aromatic heterocycles. The summed E-state index contributed by atoms with van der Waals surface area (Å²) < 4.78 is 0. The molecule has 0 unspecified atom stereocenters. The Morgan fingerprint density at radius 3 is 2.55 bits per heavy atom. The Kier molecular flexibility index (Phi) is 7.82. The van der Waals surface area contributed by atoms with E-state index in [4.69, 9.17) is 0 Å². The molecular formula is C16H31N5S. The largest absolute Gasteiger partial charge is 0.357 e. The minimum absolute atomic E-state index is 0.144. The molecular weight excluding hydrogens is 294 g/mol. The van der Waals surface area contributed by atoms with Crippen LogP contribution in [0, 0.1) is 0 Å². The van der Waals surface area contributed by atoms with Crippen molar-refractivity contribution in [1.82, 2.24) is 20.9 Å². The highest BCUT2D eigenvalue weighted by atomic mass is 32.1. The second-order valence-corrected chi connectivity index (χ2v) is 7.56. The molecule has 0 aliphatic rings. The van der Waals surface area contributed by atoms with Gasteiger partial charge in [-0.05, 0) is 33.6 Å². The van der Waals surface area contributed by atoms with E-state index in [1.54, 1.807) is 11.3 Å². The van der Waals surface area contributed by atoms with Crippen molar-refractivity contribution >= 4 is 17.3 Å². The predicted octanol–water partition coefficient (Wildman–Crippen LogP) is 2.71. The Labute approximate surface area is 139 Å². The summed E-state index contributed by atoms with van der Waals surface area (Å²) in [5.74, 6) is 1.32. The van der Waals surface area contributed by atoms with Gasteiger partial charge in [-0.3, -0.25) is 0 Å². The highest BCUT2D eigenvalue weighted by Gasteiger charge is 2.08. The Balaban J connectivity index is 2.47. The van der Waals surface area contributed by atoms with E-state index in [0.717, 1.165) is 36.3 Å². The molecule has 0 spiro atoms. The maximum atomic E-state index is 4.61. The lowest BCUT2D eigenvalue weighted by Crippen LogP contribution is -2.44. The molecule has 5 nitrogen and oxygen atoms in total. The standard InChI is InChI=1S/C16H31N5S/c1-7-17-15(18-8-9-20-16(4,5)6)19-10-14-21-13(11-22-14)12(2)3/h11-12,20H,7-10H2,1-6H3,(H2,17,18,19). The van der Waals surface area contributed by atoms with Crippen molar-refractivity contribution in [3.8, 4) is 0 Å². The van der Waals surface area contributed by atoms with Gasteiger partial charge in [0.1, 0.15) is 5.01 Å². The van der Waals surface area contributed by atoms with Gasteiger partial charge in [0.15, 0.2) is 5.96 Å². The van der Waals surface area contributed by atoms with Crippen molar-refractivity contribution in [3.63, 3.8) is 0 Å². The van der Waals surface area contributed by atoms with Crippen molar-refractivity contribution in [2.45, 2.75) is 59.5 Å². The zero-order valence-electron chi connectivity index (χ0n) is 14.8. The van der Waals surface area contributed by atoms with E-state index in [9.17, 15) is 0 Å². The fourth-order valence-electron chi connectivity index (χ4n) is 1.77. The summed E-state index contributed by atoms with van der Waals surface area (Å²) in [5.41, 5.74) is 1.30. The summed E-state index contributed by atoms with van der Waals surface area (Å²) in [6.45, 7) is 16.1. The van der Waals surface area contributed by atoms with Crippen molar-refractivity contribution in [1.29, 1.82) is 0 Å². The van der Waals surface area contributed by atoms with Gasteiger partial charge < -0.3 is 16.0 Å². The summed E-state index contributed by atoms with van der Waals surface area (Å²) in [5, 5.41) is 13.3. The van der Waals surface area contributed by atoms with Gasteiger partial charge in [0.05, 0.1) is 12.2 Å². The molecule has 0 saturated heterocycles. The van der Waals surface area contributed by atoms with E-state index >= 15 is 0 Å². The first kappa shape index (κ1) is 18.9. The third-order valence-corrected chi connectivity index (χ3v) is 3.80. The lowest BCUT2D eigenvalue weighted by Gasteiger charge is -2.21. The average molecular weight is 326 g/mol. The van der Waals surface area contributed by atoms with Gasteiger partial charge in [0.25, 0.3) is 0 Å². The van der Waals surface area contributed by atoms with E-state index < -0.39 is 0 Å². The molecule has 6 heteroatoms. The number of thiazole rings is 1. The molecule has 0 saturated carbocycles. The second kappa shape index (κ2) is 9.10. The van der Waals surface area contributed by atoms with Crippen LogP contribution in [0.1, 0.15) is 58.2 Å². The van der Waals surface area contributed by atoms with E-state index in [1.807, 2.05) is 0 Å². The van der Waals surface area contributed by atoms with Crippen LogP contribution in [0.4, 0.5) is 0 Å². The second-order valence-electron chi connectivity index (χ2n) is 6.62. The molecule has 22 heavy (non-hydrogen) atoms. The average Bonchev–Trinajstić information content (AvgIpc) is 2.88. The molecule has 0 atom stereocenters. The molecule has 1 rings (SSSR count). The lowest BCUT2D eigenvalue weighted by molar-refractivity contribution is 0.428. The van der Waals surface area contributed by atoms with Crippen LogP contribution in [0.5, 0.6) is 0 Å². The highest BCUT2D eigenvalue weighted by Crippen LogP contribution is 2.18. The van der Waals surface area contributed by atoms with Crippen LogP contribution < -0.4 is 16.0 Å². The molecule has 0 fully saturated rings. The first-order valence-electron chi connectivity index (χ1n) is 8.03. The predicted molar refractivity (Wildman–Crippen MR) is 96.8 cm³/mol. The smallest absolute Gasteiger partial charge is 0.191 e. The number of hydrogen-bond donors (Lipinski definition) is 3. The monoisotopic (exact) mass is 325 g/mol. The maximum Gasteiger partial charge on any atom is 0.191 e. The summed E-state index contributed by atoms with van der Waals surface area (Å²) in [6.07, 6.45) is 0. The molecule has 1 heterocycles. The quantitative estimate of drug-likeness (QED) is 0.410. The number of rotatable bonds is 7. The maximum absolute atomic E-state index is 4.61. The molecule has 0 aliphatic heterocycles. The van der Waals surface area contributed by atoms with Gasteiger partial charge in [-0.2, -0.15) is 0 Å². The first-order valence-corrected chi connectivity index (χ1v) is 8.91. The number of nitrogens with one attached hydrogen (secondary N) is 3. The minimum Gasteiger partial charge on any atom is -0.357 e. The SMILES string of the molecule is CCNC(=NCc1nc(C(C)C)cs1)NCCNC(C)(C)C. The number of aromatic nitrogens is 1. The first-order chi connectivity index (χ1) is 10.3. The Bertz CT molecular complexity index is 459. The number of nitrogens with zero attached hydrogens (tertiary/aromatic N) is 2. The van der Waals surface area contributed by atoms with Crippen LogP contribution in [0.25, 0.3) is 0 Å². The van der Waals surface area contributed by atoms with Crippen molar-refractivity contribution in [2.75, 3.05) is 19.6 Å². The molecule has 0 amide bonds. The number of hydrogen-bond acceptors (Lipinski definition) is 4. The van der Waals surface area contributed by atoms with Crippen LogP contribution in [0.15, 0.2) is 10.4 Å². The molecule has 3 N–H and O–H groups in total. The highest BCUT2D eigenvalue weighted by molar-refractivity contribution is 7.09. The Morgan fingerprint density at radius 2 is 2.00 bits per heavy atom. The van der Waals surface area contributed by atoms with Crippen LogP contribution in [0.2, 0.25) is 0 Å².